The minimum absolute atomic E-state index is 0.0299. The maximum atomic E-state index is 11.6. The fourth-order valence-corrected chi connectivity index (χ4v) is 1.99. The molecule has 0 saturated heterocycles. The number of nitrogens with one attached hydrogen (secondary N) is 1. The molecule has 0 aliphatic rings. The highest BCUT2D eigenvalue weighted by molar-refractivity contribution is 5.75. The van der Waals surface area contributed by atoms with Crippen LogP contribution in [0.2, 0.25) is 0 Å². The van der Waals surface area contributed by atoms with Crippen molar-refractivity contribution in [1.29, 1.82) is 0 Å². The van der Waals surface area contributed by atoms with E-state index in [1.165, 1.54) is 5.56 Å². The molecule has 4 heteroatoms. The Labute approximate surface area is 127 Å². The molecular formula is C17H27NO3. The molecule has 0 bridgehead atoms. The molecule has 0 fully saturated rings. The molecular weight excluding hydrogens is 266 g/mol. The number of unbranched alkanes of at least 4 members (excludes halogenated alkanes) is 3. The number of carbonyl (C=O) groups is 1. The number of carbonyl (C=O) groups excluding carboxylic acids is 1. The van der Waals surface area contributed by atoms with Crippen LogP contribution in [0.3, 0.4) is 0 Å². The van der Waals surface area contributed by atoms with Crippen LogP contribution in [-0.2, 0) is 11.2 Å². The predicted octanol–water partition coefficient (Wildman–Crippen LogP) is 2.69. The van der Waals surface area contributed by atoms with Crippen molar-refractivity contribution in [3.63, 3.8) is 0 Å². The molecule has 1 aromatic carbocycles. The summed E-state index contributed by atoms with van der Waals surface area (Å²) in [6, 6.07) is 7.97. The van der Waals surface area contributed by atoms with Gasteiger partial charge in [0.15, 0.2) is 0 Å². The minimum Gasteiger partial charge on any atom is -0.493 e. The third-order valence-corrected chi connectivity index (χ3v) is 3.34. The SMILES string of the molecule is CCc1ccc(OCCC(=O)NCCCCCCO)cc1. The quantitative estimate of drug-likeness (QED) is 0.617. The van der Waals surface area contributed by atoms with E-state index in [0.717, 1.165) is 37.9 Å². The number of hydrogen-bond acceptors (Lipinski definition) is 3. The number of rotatable bonds is 11. The van der Waals surface area contributed by atoms with E-state index in [2.05, 4.69) is 12.2 Å². The number of aliphatic hydroxyl groups excluding tert-OH is 1. The van der Waals surface area contributed by atoms with Crippen LogP contribution in [0.25, 0.3) is 0 Å². The third-order valence-electron chi connectivity index (χ3n) is 3.34. The van der Waals surface area contributed by atoms with Crippen molar-refractivity contribution >= 4 is 5.91 Å². The molecule has 0 radical (unpaired) electrons. The normalized spacial score (nSPS) is 10.4. The standard InChI is InChI=1S/C17H27NO3/c1-2-15-7-9-16(10-8-15)21-14-11-17(20)18-12-5-3-4-6-13-19/h7-10,19H,2-6,11-14H2,1H3,(H,18,20). The van der Waals surface area contributed by atoms with Gasteiger partial charge >= 0.3 is 0 Å². The van der Waals surface area contributed by atoms with Crippen LogP contribution in [-0.4, -0.2) is 30.8 Å². The maximum Gasteiger partial charge on any atom is 0.223 e. The summed E-state index contributed by atoms with van der Waals surface area (Å²) in [5.74, 6) is 0.839. The number of hydrogen-bond donors (Lipinski definition) is 2. The number of amides is 1. The highest BCUT2D eigenvalue weighted by Gasteiger charge is 2.01. The Balaban J connectivity index is 2.04. The van der Waals surface area contributed by atoms with Gasteiger partial charge in [0.05, 0.1) is 13.0 Å². The fraction of sp³-hybridized carbons (Fsp3) is 0.588. The lowest BCUT2D eigenvalue weighted by Gasteiger charge is -2.08. The van der Waals surface area contributed by atoms with E-state index in [4.69, 9.17) is 9.84 Å². The highest BCUT2D eigenvalue weighted by Crippen LogP contribution is 2.12. The Bertz CT molecular complexity index is 390. The van der Waals surface area contributed by atoms with Gasteiger partial charge in [-0.05, 0) is 37.0 Å². The number of aryl methyl sites for hydroxylation is 1. The van der Waals surface area contributed by atoms with Crippen molar-refractivity contribution in [3.05, 3.63) is 29.8 Å². The zero-order valence-corrected chi connectivity index (χ0v) is 12.9. The molecule has 0 saturated carbocycles. The van der Waals surface area contributed by atoms with Gasteiger partial charge in [-0.3, -0.25) is 4.79 Å². The van der Waals surface area contributed by atoms with E-state index >= 15 is 0 Å². The van der Waals surface area contributed by atoms with Gasteiger partial charge in [-0.2, -0.15) is 0 Å². The summed E-state index contributed by atoms with van der Waals surface area (Å²) >= 11 is 0. The van der Waals surface area contributed by atoms with Gasteiger partial charge in [0.2, 0.25) is 5.91 Å². The Hall–Kier alpha value is -1.55. The summed E-state index contributed by atoms with van der Waals surface area (Å²) in [6.45, 7) is 3.48. The highest BCUT2D eigenvalue weighted by atomic mass is 16.5. The maximum absolute atomic E-state index is 11.6. The molecule has 1 rings (SSSR count). The number of benzene rings is 1. The van der Waals surface area contributed by atoms with Gasteiger partial charge in [0, 0.05) is 13.2 Å². The van der Waals surface area contributed by atoms with Gasteiger partial charge in [-0.25, -0.2) is 0 Å². The summed E-state index contributed by atoms with van der Waals surface area (Å²) in [4.78, 5) is 11.6. The Kier molecular flexibility index (Phi) is 9.29. The third kappa shape index (κ3) is 8.35. The zero-order valence-electron chi connectivity index (χ0n) is 12.9. The molecule has 1 aromatic rings. The van der Waals surface area contributed by atoms with E-state index in [1.54, 1.807) is 0 Å². The smallest absolute Gasteiger partial charge is 0.223 e. The topological polar surface area (TPSA) is 58.6 Å². The van der Waals surface area contributed by atoms with Crippen LogP contribution < -0.4 is 10.1 Å². The summed E-state index contributed by atoms with van der Waals surface area (Å²) in [5.41, 5.74) is 1.28. The second-order valence-electron chi connectivity index (χ2n) is 5.08. The Morgan fingerprint density at radius 3 is 2.52 bits per heavy atom. The van der Waals surface area contributed by atoms with E-state index in [-0.39, 0.29) is 12.5 Å². The van der Waals surface area contributed by atoms with Crippen molar-refractivity contribution in [2.45, 2.75) is 45.4 Å². The Morgan fingerprint density at radius 2 is 1.86 bits per heavy atom. The van der Waals surface area contributed by atoms with Gasteiger partial charge in [-0.1, -0.05) is 31.9 Å². The molecule has 2 N–H and O–H groups in total. The lowest BCUT2D eigenvalue weighted by atomic mass is 10.2. The van der Waals surface area contributed by atoms with Crippen LogP contribution >= 0.6 is 0 Å². The second-order valence-corrected chi connectivity index (χ2v) is 5.08. The zero-order chi connectivity index (χ0) is 15.3. The summed E-state index contributed by atoms with van der Waals surface area (Å²) < 4.78 is 5.55. The lowest BCUT2D eigenvalue weighted by molar-refractivity contribution is -0.121. The van der Waals surface area contributed by atoms with E-state index < -0.39 is 0 Å². The first-order valence-electron chi connectivity index (χ1n) is 7.85. The number of aliphatic hydroxyl groups is 1. The monoisotopic (exact) mass is 293 g/mol. The molecule has 0 atom stereocenters. The predicted molar refractivity (Wildman–Crippen MR) is 84.5 cm³/mol. The van der Waals surface area contributed by atoms with Crippen molar-refractivity contribution in [1.82, 2.24) is 5.32 Å². The summed E-state index contributed by atoms with van der Waals surface area (Å²) in [5, 5.41) is 11.5. The summed E-state index contributed by atoms with van der Waals surface area (Å²) in [7, 11) is 0. The Morgan fingerprint density at radius 1 is 1.14 bits per heavy atom. The van der Waals surface area contributed by atoms with Gasteiger partial charge < -0.3 is 15.2 Å². The first-order valence-corrected chi connectivity index (χ1v) is 7.85. The van der Waals surface area contributed by atoms with E-state index in [0.29, 0.717) is 19.6 Å². The molecule has 0 aromatic heterocycles. The van der Waals surface area contributed by atoms with Crippen LogP contribution in [0.4, 0.5) is 0 Å². The van der Waals surface area contributed by atoms with Gasteiger partial charge in [-0.15, -0.1) is 0 Å². The molecule has 0 spiro atoms. The van der Waals surface area contributed by atoms with Crippen molar-refractivity contribution in [2.75, 3.05) is 19.8 Å². The lowest BCUT2D eigenvalue weighted by Crippen LogP contribution is -2.25. The van der Waals surface area contributed by atoms with E-state index in [1.807, 2.05) is 24.3 Å². The molecule has 4 nitrogen and oxygen atoms in total. The van der Waals surface area contributed by atoms with E-state index in [9.17, 15) is 4.79 Å². The first kappa shape index (κ1) is 17.5. The van der Waals surface area contributed by atoms with Crippen LogP contribution in [0, 0.1) is 0 Å². The van der Waals surface area contributed by atoms with Crippen molar-refractivity contribution in [2.24, 2.45) is 0 Å². The molecule has 0 aliphatic carbocycles. The molecule has 1 amide bonds. The second kappa shape index (κ2) is 11.1. The molecule has 0 unspecified atom stereocenters. The first-order chi connectivity index (χ1) is 10.3. The molecule has 0 heterocycles. The van der Waals surface area contributed by atoms with Crippen LogP contribution in [0.15, 0.2) is 24.3 Å². The average molecular weight is 293 g/mol. The minimum atomic E-state index is 0.0299. The summed E-state index contributed by atoms with van der Waals surface area (Å²) in [6.07, 6.45) is 5.27. The van der Waals surface area contributed by atoms with Crippen LogP contribution in [0.1, 0.15) is 44.6 Å². The molecule has 21 heavy (non-hydrogen) atoms. The molecule has 0 aliphatic heterocycles. The largest absolute Gasteiger partial charge is 0.493 e. The number of ether oxygens (including phenoxy) is 1. The average Bonchev–Trinajstić information content (AvgIpc) is 2.51. The van der Waals surface area contributed by atoms with Crippen LogP contribution in [0.5, 0.6) is 5.75 Å². The van der Waals surface area contributed by atoms with Gasteiger partial charge in [0.25, 0.3) is 0 Å². The fourth-order valence-electron chi connectivity index (χ4n) is 1.99. The molecule has 118 valence electrons. The van der Waals surface area contributed by atoms with Gasteiger partial charge in [0.1, 0.15) is 5.75 Å². The van der Waals surface area contributed by atoms with Crippen molar-refractivity contribution < 1.29 is 14.6 Å². The van der Waals surface area contributed by atoms with Crippen molar-refractivity contribution in [3.8, 4) is 5.75 Å².